The highest BCUT2D eigenvalue weighted by Gasteiger charge is 2.17. The van der Waals surface area contributed by atoms with Crippen molar-refractivity contribution < 1.29 is 13.9 Å². The van der Waals surface area contributed by atoms with Crippen LogP contribution in [0.1, 0.15) is 30.5 Å². The number of carbonyl (C=O) groups excluding carboxylic acids is 1. The minimum Gasteiger partial charge on any atom is -0.466 e. The Hall–Kier alpha value is -1.42. The number of nitrogens with one attached hydrogen (secondary N) is 1. The van der Waals surface area contributed by atoms with Crippen LogP contribution < -0.4 is 5.32 Å². The minimum absolute atomic E-state index is 0.203. The van der Waals surface area contributed by atoms with Gasteiger partial charge >= 0.3 is 5.97 Å². The Bertz CT molecular complexity index is 393. The number of halogens is 1. The van der Waals surface area contributed by atoms with Crippen molar-refractivity contribution in [1.29, 1.82) is 0 Å². The molecule has 0 radical (unpaired) electrons. The summed E-state index contributed by atoms with van der Waals surface area (Å²) < 4.78 is 18.1. The summed E-state index contributed by atoms with van der Waals surface area (Å²) >= 11 is 0. The van der Waals surface area contributed by atoms with Gasteiger partial charge in [-0.15, -0.1) is 0 Å². The number of rotatable bonds is 5. The second kappa shape index (κ2) is 6.35. The topological polar surface area (TPSA) is 38.3 Å². The molecule has 0 saturated heterocycles. The maximum atomic E-state index is 13.2. The van der Waals surface area contributed by atoms with E-state index in [1.807, 2.05) is 6.92 Å². The number of hydrogen-bond acceptors (Lipinski definition) is 3. The van der Waals surface area contributed by atoms with E-state index >= 15 is 0 Å². The number of benzene rings is 1. The molecule has 1 aromatic carbocycles. The van der Waals surface area contributed by atoms with Crippen molar-refractivity contribution in [2.75, 3.05) is 13.7 Å². The van der Waals surface area contributed by atoms with Crippen LogP contribution in [-0.4, -0.2) is 19.6 Å². The monoisotopic (exact) mass is 239 g/mol. The highest BCUT2D eigenvalue weighted by atomic mass is 19.1. The molecule has 3 nitrogen and oxygen atoms in total. The molecule has 1 N–H and O–H groups in total. The van der Waals surface area contributed by atoms with Gasteiger partial charge in [-0.25, -0.2) is 4.39 Å². The molecule has 17 heavy (non-hydrogen) atoms. The number of carbonyl (C=O) groups is 1. The molecule has 0 aliphatic carbocycles. The molecule has 0 aromatic heterocycles. The van der Waals surface area contributed by atoms with Crippen LogP contribution in [0.4, 0.5) is 4.39 Å². The van der Waals surface area contributed by atoms with Gasteiger partial charge in [0, 0.05) is 6.04 Å². The van der Waals surface area contributed by atoms with Gasteiger partial charge in [0.2, 0.25) is 0 Å². The average Bonchev–Trinajstić information content (AvgIpc) is 2.30. The molecule has 0 fully saturated rings. The largest absolute Gasteiger partial charge is 0.466 e. The zero-order valence-corrected chi connectivity index (χ0v) is 10.4. The average molecular weight is 239 g/mol. The van der Waals surface area contributed by atoms with E-state index in [4.69, 9.17) is 4.74 Å². The van der Waals surface area contributed by atoms with Crippen LogP contribution in [0.15, 0.2) is 18.2 Å². The molecular formula is C13H18FNO2. The fourth-order valence-corrected chi connectivity index (χ4v) is 1.74. The quantitative estimate of drug-likeness (QED) is 0.801. The molecule has 1 unspecified atom stereocenters. The van der Waals surface area contributed by atoms with Gasteiger partial charge in [0.15, 0.2) is 0 Å². The molecule has 0 saturated carbocycles. The van der Waals surface area contributed by atoms with E-state index in [9.17, 15) is 9.18 Å². The Morgan fingerprint density at radius 2 is 2.24 bits per heavy atom. The van der Waals surface area contributed by atoms with Gasteiger partial charge in [0.1, 0.15) is 5.82 Å². The van der Waals surface area contributed by atoms with Crippen molar-refractivity contribution in [3.63, 3.8) is 0 Å². The van der Waals surface area contributed by atoms with E-state index < -0.39 is 0 Å². The predicted molar refractivity (Wildman–Crippen MR) is 64.2 cm³/mol. The summed E-state index contributed by atoms with van der Waals surface area (Å²) in [5.41, 5.74) is 1.75. The highest BCUT2D eigenvalue weighted by Crippen LogP contribution is 2.21. The summed E-state index contributed by atoms with van der Waals surface area (Å²) in [6.45, 7) is 4.02. The van der Waals surface area contributed by atoms with Gasteiger partial charge in [0.25, 0.3) is 0 Å². The van der Waals surface area contributed by atoms with Gasteiger partial charge in [-0.05, 0) is 44.2 Å². The van der Waals surface area contributed by atoms with Crippen LogP contribution in [0.5, 0.6) is 0 Å². The van der Waals surface area contributed by atoms with Crippen LogP contribution in [0, 0.1) is 12.7 Å². The number of ether oxygens (including phenoxy) is 1. The third-order valence-electron chi connectivity index (χ3n) is 2.64. The first-order valence-electron chi connectivity index (χ1n) is 5.67. The Labute approximate surface area is 101 Å². The zero-order valence-electron chi connectivity index (χ0n) is 10.4. The predicted octanol–water partition coefficient (Wildman–Crippen LogP) is 2.35. The van der Waals surface area contributed by atoms with Crippen molar-refractivity contribution in [1.82, 2.24) is 5.32 Å². The molecule has 0 heterocycles. The first-order valence-corrected chi connectivity index (χ1v) is 5.67. The van der Waals surface area contributed by atoms with Crippen molar-refractivity contribution in [3.05, 3.63) is 35.1 Å². The molecular weight excluding hydrogens is 221 g/mol. The molecule has 0 aliphatic rings. The van der Waals surface area contributed by atoms with Crippen molar-refractivity contribution >= 4 is 5.97 Å². The summed E-state index contributed by atoms with van der Waals surface area (Å²) in [7, 11) is 1.74. The van der Waals surface area contributed by atoms with Gasteiger partial charge in [0.05, 0.1) is 13.0 Å². The van der Waals surface area contributed by atoms with Crippen molar-refractivity contribution in [3.8, 4) is 0 Å². The summed E-state index contributed by atoms with van der Waals surface area (Å²) in [5, 5.41) is 3.01. The second-order valence-electron chi connectivity index (χ2n) is 3.85. The third kappa shape index (κ3) is 3.82. The molecule has 94 valence electrons. The first-order chi connectivity index (χ1) is 8.08. The SMILES string of the molecule is CCOC(=O)CC(NC)c1cc(F)ccc1C. The Balaban J connectivity index is 2.85. The summed E-state index contributed by atoms with van der Waals surface area (Å²) in [6.07, 6.45) is 0.203. The lowest BCUT2D eigenvalue weighted by molar-refractivity contribution is -0.143. The smallest absolute Gasteiger partial charge is 0.307 e. The normalized spacial score (nSPS) is 12.2. The number of hydrogen-bond donors (Lipinski definition) is 1. The summed E-state index contributed by atoms with van der Waals surface area (Å²) in [5.74, 6) is -0.578. The van der Waals surface area contributed by atoms with Gasteiger partial charge in [-0.3, -0.25) is 4.79 Å². The molecule has 0 bridgehead atoms. The fraction of sp³-hybridized carbons (Fsp3) is 0.462. The number of aryl methyl sites for hydroxylation is 1. The van der Waals surface area contributed by atoms with E-state index in [-0.39, 0.29) is 24.2 Å². The molecule has 1 atom stereocenters. The Morgan fingerprint density at radius 1 is 1.53 bits per heavy atom. The molecule has 0 aliphatic heterocycles. The van der Waals surface area contributed by atoms with Crippen LogP contribution >= 0.6 is 0 Å². The van der Waals surface area contributed by atoms with E-state index in [0.29, 0.717) is 6.61 Å². The lowest BCUT2D eigenvalue weighted by Crippen LogP contribution is -2.22. The van der Waals surface area contributed by atoms with Crippen LogP contribution in [-0.2, 0) is 9.53 Å². The van der Waals surface area contributed by atoms with Crippen LogP contribution in [0.2, 0.25) is 0 Å². The van der Waals surface area contributed by atoms with E-state index in [1.54, 1.807) is 20.0 Å². The molecule has 4 heteroatoms. The Morgan fingerprint density at radius 3 is 2.82 bits per heavy atom. The van der Waals surface area contributed by atoms with E-state index in [2.05, 4.69) is 5.32 Å². The number of esters is 1. The summed E-state index contributed by atoms with van der Waals surface area (Å²) in [6, 6.07) is 4.36. The maximum Gasteiger partial charge on any atom is 0.307 e. The van der Waals surface area contributed by atoms with Crippen LogP contribution in [0.3, 0.4) is 0 Å². The standard InChI is InChI=1S/C13H18FNO2/c1-4-17-13(16)8-12(15-3)11-7-10(14)6-5-9(11)2/h5-7,12,15H,4,8H2,1-3H3. The van der Waals surface area contributed by atoms with Gasteiger partial charge in [-0.2, -0.15) is 0 Å². The lowest BCUT2D eigenvalue weighted by atomic mass is 9.99. The van der Waals surface area contributed by atoms with Gasteiger partial charge in [-0.1, -0.05) is 6.07 Å². The third-order valence-corrected chi connectivity index (χ3v) is 2.64. The molecule has 0 spiro atoms. The second-order valence-corrected chi connectivity index (χ2v) is 3.85. The molecule has 1 rings (SSSR count). The van der Waals surface area contributed by atoms with E-state index in [0.717, 1.165) is 11.1 Å². The fourth-order valence-electron chi connectivity index (χ4n) is 1.74. The zero-order chi connectivity index (χ0) is 12.8. The molecule has 0 amide bonds. The highest BCUT2D eigenvalue weighted by molar-refractivity contribution is 5.70. The minimum atomic E-state index is -0.297. The maximum absolute atomic E-state index is 13.2. The van der Waals surface area contributed by atoms with Gasteiger partial charge < -0.3 is 10.1 Å². The van der Waals surface area contributed by atoms with Crippen molar-refractivity contribution in [2.24, 2.45) is 0 Å². The van der Waals surface area contributed by atoms with E-state index in [1.165, 1.54) is 12.1 Å². The lowest BCUT2D eigenvalue weighted by Gasteiger charge is -2.18. The Kier molecular flexibility index (Phi) is 5.10. The first kappa shape index (κ1) is 13.6. The molecule has 1 aromatic rings. The van der Waals surface area contributed by atoms with Crippen molar-refractivity contribution in [2.45, 2.75) is 26.3 Å². The van der Waals surface area contributed by atoms with Crippen LogP contribution in [0.25, 0.3) is 0 Å². The summed E-state index contributed by atoms with van der Waals surface area (Å²) in [4.78, 5) is 11.4.